The molecule has 2 heteroatoms. The lowest BCUT2D eigenvalue weighted by molar-refractivity contribution is 0.633. The highest BCUT2D eigenvalue weighted by Crippen LogP contribution is 2.02. The minimum atomic E-state index is 0.164. The lowest BCUT2D eigenvalue weighted by atomic mass is 10.2. The first-order valence-corrected chi connectivity index (χ1v) is 2.96. The van der Waals surface area contributed by atoms with Crippen molar-refractivity contribution in [3.05, 3.63) is 0 Å². The minimum absolute atomic E-state index is 0.164. The molecule has 1 unspecified atom stereocenters. The number of nitrogens with two attached hydrogens (primary N) is 1. The van der Waals surface area contributed by atoms with E-state index in [-0.39, 0.29) is 4.95 Å². The van der Waals surface area contributed by atoms with E-state index in [9.17, 15) is 0 Å². The molecule has 0 heterocycles. The van der Waals surface area contributed by atoms with Gasteiger partial charge in [-0.2, -0.15) is 0 Å². The monoisotopic (exact) mass is 151 g/mol. The Labute approximate surface area is 47.0 Å². The van der Waals surface area contributed by atoms with Crippen molar-refractivity contribution in [2.75, 3.05) is 0 Å². The molecule has 0 aliphatic heterocycles. The maximum atomic E-state index is 5.35. The summed E-state index contributed by atoms with van der Waals surface area (Å²) in [6.45, 7) is 4.14. The van der Waals surface area contributed by atoms with E-state index in [1.165, 1.54) is 0 Å². The summed E-state index contributed by atoms with van der Waals surface area (Å²) in [4.78, 5) is 0.164. The molecule has 0 rings (SSSR count). The highest BCUT2D eigenvalue weighted by atomic mass is 79.9. The van der Waals surface area contributed by atoms with Crippen LogP contribution in [0.4, 0.5) is 0 Å². The molecule has 0 spiro atoms. The zero-order valence-corrected chi connectivity index (χ0v) is 5.70. The first-order valence-electron chi connectivity index (χ1n) is 2.04. The van der Waals surface area contributed by atoms with Crippen molar-refractivity contribution in [1.29, 1.82) is 0 Å². The van der Waals surface area contributed by atoms with E-state index in [1.807, 2.05) is 0 Å². The maximum Gasteiger partial charge on any atom is 0.0628 e. The molecule has 0 aliphatic rings. The molecule has 0 saturated carbocycles. The summed E-state index contributed by atoms with van der Waals surface area (Å²) in [6.07, 6.45) is 0. The molecular weight excluding hydrogens is 142 g/mol. The predicted molar refractivity (Wildman–Crippen MR) is 31.7 cm³/mol. The molecule has 0 saturated heterocycles. The third kappa shape index (κ3) is 2.67. The van der Waals surface area contributed by atoms with Gasteiger partial charge in [0.25, 0.3) is 0 Å². The third-order valence-corrected chi connectivity index (χ3v) is 1.69. The molecule has 1 atom stereocenters. The summed E-state index contributed by atoms with van der Waals surface area (Å²) in [5, 5.41) is 0. The van der Waals surface area contributed by atoms with Crippen LogP contribution in [0, 0.1) is 5.92 Å². The molecule has 0 aliphatic carbocycles. The molecule has 0 bridgehead atoms. The van der Waals surface area contributed by atoms with Gasteiger partial charge in [-0.15, -0.1) is 0 Å². The summed E-state index contributed by atoms with van der Waals surface area (Å²) in [5.74, 6) is 0.546. The molecule has 0 aromatic heterocycles. The molecule has 0 fully saturated rings. The Morgan fingerprint density at radius 1 is 1.50 bits per heavy atom. The summed E-state index contributed by atoms with van der Waals surface area (Å²) in [5.41, 5.74) is 5.35. The number of hydrogen-bond acceptors (Lipinski definition) is 1. The van der Waals surface area contributed by atoms with Gasteiger partial charge >= 0.3 is 0 Å². The Kier molecular flexibility index (Phi) is 2.78. The van der Waals surface area contributed by atoms with E-state index >= 15 is 0 Å². The van der Waals surface area contributed by atoms with Crippen molar-refractivity contribution >= 4 is 15.9 Å². The fraction of sp³-hybridized carbons (Fsp3) is 1.00. The Hall–Kier alpha value is 0.440. The normalized spacial score (nSPS) is 15.5. The topological polar surface area (TPSA) is 26.0 Å². The Bertz CT molecular complexity index is 28.5. The molecule has 0 aromatic carbocycles. The van der Waals surface area contributed by atoms with Gasteiger partial charge in [-0.1, -0.05) is 29.8 Å². The smallest absolute Gasteiger partial charge is 0.0628 e. The van der Waals surface area contributed by atoms with Crippen molar-refractivity contribution < 1.29 is 0 Å². The average Bonchev–Trinajstić information content (AvgIpc) is 1.36. The highest BCUT2D eigenvalue weighted by Gasteiger charge is 1.98. The van der Waals surface area contributed by atoms with Crippen molar-refractivity contribution in [2.24, 2.45) is 11.7 Å². The average molecular weight is 152 g/mol. The van der Waals surface area contributed by atoms with Gasteiger partial charge in [0, 0.05) is 0 Å². The van der Waals surface area contributed by atoms with Crippen LogP contribution in [0.15, 0.2) is 0 Å². The van der Waals surface area contributed by atoms with Crippen molar-refractivity contribution in [2.45, 2.75) is 18.8 Å². The van der Waals surface area contributed by atoms with Gasteiger partial charge in [0.05, 0.1) is 4.95 Å². The number of rotatable bonds is 1. The van der Waals surface area contributed by atoms with Gasteiger partial charge in [0.15, 0.2) is 0 Å². The van der Waals surface area contributed by atoms with Crippen LogP contribution < -0.4 is 5.73 Å². The molecular formula is C4H10BrN. The lowest BCUT2D eigenvalue weighted by Crippen LogP contribution is -2.17. The van der Waals surface area contributed by atoms with Crippen LogP contribution >= 0.6 is 15.9 Å². The Balaban J connectivity index is 2.99. The minimum Gasteiger partial charge on any atom is -0.319 e. The summed E-state index contributed by atoms with van der Waals surface area (Å²) in [6, 6.07) is 0. The standard InChI is InChI=1S/C4H10BrN/c1-3(2)4(5)6/h3-4H,6H2,1-2H3. The number of hydrogen-bond donors (Lipinski definition) is 1. The van der Waals surface area contributed by atoms with Crippen molar-refractivity contribution in [1.82, 2.24) is 0 Å². The van der Waals surface area contributed by atoms with Crippen LogP contribution in [0.1, 0.15) is 13.8 Å². The molecule has 38 valence electrons. The Morgan fingerprint density at radius 2 is 1.67 bits per heavy atom. The number of alkyl halides is 1. The molecule has 0 radical (unpaired) electrons. The SMILES string of the molecule is CC(C)C(N)Br. The van der Waals surface area contributed by atoms with Crippen LogP contribution in [0.5, 0.6) is 0 Å². The van der Waals surface area contributed by atoms with Crippen LogP contribution in [0.2, 0.25) is 0 Å². The zero-order valence-electron chi connectivity index (χ0n) is 4.11. The first kappa shape index (κ1) is 6.44. The molecule has 0 aromatic rings. The molecule has 6 heavy (non-hydrogen) atoms. The predicted octanol–water partition coefficient (Wildman–Crippen LogP) is 1.32. The van der Waals surface area contributed by atoms with Gasteiger partial charge in [-0.05, 0) is 5.92 Å². The zero-order chi connectivity index (χ0) is 5.15. The fourth-order valence-electron chi connectivity index (χ4n) is 0. The van der Waals surface area contributed by atoms with E-state index in [0.29, 0.717) is 5.92 Å². The van der Waals surface area contributed by atoms with E-state index < -0.39 is 0 Å². The summed E-state index contributed by atoms with van der Waals surface area (Å²) < 4.78 is 0. The van der Waals surface area contributed by atoms with Gasteiger partial charge in [0.1, 0.15) is 0 Å². The third-order valence-electron chi connectivity index (χ3n) is 0.637. The fourth-order valence-corrected chi connectivity index (χ4v) is 0. The van der Waals surface area contributed by atoms with Crippen LogP contribution in [0.25, 0.3) is 0 Å². The highest BCUT2D eigenvalue weighted by molar-refractivity contribution is 9.09. The van der Waals surface area contributed by atoms with Crippen LogP contribution in [-0.4, -0.2) is 4.95 Å². The van der Waals surface area contributed by atoms with E-state index in [4.69, 9.17) is 5.73 Å². The summed E-state index contributed by atoms with van der Waals surface area (Å²) in [7, 11) is 0. The van der Waals surface area contributed by atoms with Gasteiger partial charge in [-0.3, -0.25) is 0 Å². The summed E-state index contributed by atoms with van der Waals surface area (Å²) >= 11 is 3.22. The van der Waals surface area contributed by atoms with Gasteiger partial charge in [0.2, 0.25) is 0 Å². The van der Waals surface area contributed by atoms with Crippen molar-refractivity contribution in [3.8, 4) is 0 Å². The van der Waals surface area contributed by atoms with Crippen molar-refractivity contribution in [3.63, 3.8) is 0 Å². The maximum absolute atomic E-state index is 5.35. The van der Waals surface area contributed by atoms with E-state index in [2.05, 4.69) is 29.8 Å². The van der Waals surface area contributed by atoms with E-state index in [1.54, 1.807) is 0 Å². The molecule has 0 amide bonds. The largest absolute Gasteiger partial charge is 0.319 e. The van der Waals surface area contributed by atoms with Gasteiger partial charge in [-0.25, -0.2) is 0 Å². The van der Waals surface area contributed by atoms with E-state index in [0.717, 1.165) is 0 Å². The lowest BCUT2D eigenvalue weighted by Gasteiger charge is -2.03. The second-order valence-electron chi connectivity index (χ2n) is 1.69. The van der Waals surface area contributed by atoms with Crippen LogP contribution in [-0.2, 0) is 0 Å². The second-order valence-corrected chi connectivity index (χ2v) is 2.75. The molecule has 2 N–H and O–H groups in total. The Morgan fingerprint density at radius 3 is 1.67 bits per heavy atom. The number of halogens is 1. The quantitative estimate of drug-likeness (QED) is 0.445. The second kappa shape index (κ2) is 2.59. The first-order chi connectivity index (χ1) is 2.64. The molecule has 1 nitrogen and oxygen atoms in total. The van der Waals surface area contributed by atoms with Gasteiger partial charge < -0.3 is 5.73 Å². The van der Waals surface area contributed by atoms with Crippen LogP contribution in [0.3, 0.4) is 0 Å².